The Bertz CT molecular complexity index is 1090. The number of benzene rings is 2. The molecular formula is C21H19N3O2. The van der Waals surface area contributed by atoms with E-state index in [0.717, 1.165) is 27.5 Å². The smallest absolute Gasteiger partial charge is 0.317 e. The molecule has 1 aliphatic heterocycles. The van der Waals surface area contributed by atoms with Gasteiger partial charge in [0.1, 0.15) is 5.70 Å². The summed E-state index contributed by atoms with van der Waals surface area (Å²) in [5.74, 6) is -0.315. The second kappa shape index (κ2) is 5.88. The SMILES string of the molecule is Cc1cc(/C=C2/NC(=O)N(C)C2=O)c(C)n1-c1cccc2ccccc12. The fraction of sp³-hybridized carbons (Fsp3) is 0.143. The minimum Gasteiger partial charge on any atom is -0.317 e. The lowest BCUT2D eigenvalue weighted by atomic mass is 10.1. The quantitative estimate of drug-likeness (QED) is 0.568. The normalized spacial score (nSPS) is 16.0. The summed E-state index contributed by atoms with van der Waals surface area (Å²) in [7, 11) is 1.47. The lowest BCUT2D eigenvalue weighted by Crippen LogP contribution is -2.25. The topological polar surface area (TPSA) is 54.3 Å². The highest BCUT2D eigenvalue weighted by Crippen LogP contribution is 2.28. The van der Waals surface area contributed by atoms with Gasteiger partial charge in [-0.1, -0.05) is 36.4 Å². The molecule has 0 spiro atoms. The van der Waals surface area contributed by atoms with E-state index in [1.54, 1.807) is 6.08 Å². The van der Waals surface area contributed by atoms with Gasteiger partial charge in [0.05, 0.1) is 5.69 Å². The number of carbonyl (C=O) groups is 2. The van der Waals surface area contributed by atoms with Gasteiger partial charge in [-0.3, -0.25) is 9.69 Å². The van der Waals surface area contributed by atoms with E-state index in [4.69, 9.17) is 0 Å². The predicted molar refractivity (Wildman–Crippen MR) is 102 cm³/mol. The molecule has 1 saturated heterocycles. The van der Waals surface area contributed by atoms with Crippen LogP contribution in [0.2, 0.25) is 0 Å². The lowest BCUT2D eigenvalue weighted by Gasteiger charge is -2.13. The molecule has 130 valence electrons. The van der Waals surface area contributed by atoms with Gasteiger partial charge in [0.25, 0.3) is 5.91 Å². The van der Waals surface area contributed by atoms with Crippen molar-refractivity contribution in [3.05, 3.63) is 71.2 Å². The molecule has 0 aliphatic carbocycles. The lowest BCUT2D eigenvalue weighted by molar-refractivity contribution is -0.121. The minimum atomic E-state index is -0.399. The van der Waals surface area contributed by atoms with E-state index < -0.39 is 6.03 Å². The first kappa shape index (κ1) is 16.1. The van der Waals surface area contributed by atoms with Crippen molar-refractivity contribution < 1.29 is 9.59 Å². The third kappa shape index (κ3) is 2.40. The molecule has 0 atom stereocenters. The zero-order valence-corrected chi connectivity index (χ0v) is 14.9. The molecule has 5 nitrogen and oxygen atoms in total. The largest absolute Gasteiger partial charge is 0.328 e. The van der Waals surface area contributed by atoms with Crippen LogP contribution in [0.5, 0.6) is 0 Å². The van der Waals surface area contributed by atoms with Gasteiger partial charge in [0.2, 0.25) is 0 Å². The van der Waals surface area contributed by atoms with E-state index in [-0.39, 0.29) is 5.91 Å². The van der Waals surface area contributed by atoms with Crippen LogP contribution < -0.4 is 5.32 Å². The fourth-order valence-corrected chi connectivity index (χ4v) is 3.49. The highest BCUT2D eigenvalue weighted by molar-refractivity contribution is 6.13. The van der Waals surface area contributed by atoms with Crippen LogP contribution in [0.15, 0.2) is 54.2 Å². The van der Waals surface area contributed by atoms with Crippen LogP contribution in [0.3, 0.4) is 0 Å². The van der Waals surface area contributed by atoms with Gasteiger partial charge in [0.15, 0.2) is 0 Å². The Morgan fingerprint density at radius 1 is 1.00 bits per heavy atom. The van der Waals surface area contributed by atoms with Gasteiger partial charge < -0.3 is 9.88 Å². The third-order valence-electron chi connectivity index (χ3n) is 4.86. The summed E-state index contributed by atoms with van der Waals surface area (Å²) >= 11 is 0. The van der Waals surface area contributed by atoms with Crippen LogP contribution in [-0.4, -0.2) is 28.5 Å². The number of fused-ring (bicyclic) bond motifs is 1. The molecule has 0 radical (unpaired) electrons. The standard InChI is InChI=1S/C21H19N3O2/c1-13-11-16(12-18-20(25)23(3)21(26)22-18)14(2)24(13)19-10-6-8-15-7-4-5-9-17(15)19/h4-12H,1-3H3,(H,22,26)/b18-12+. The maximum Gasteiger partial charge on any atom is 0.328 e. The molecule has 1 N–H and O–H groups in total. The summed E-state index contributed by atoms with van der Waals surface area (Å²) in [6.07, 6.45) is 1.74. The Kier molecular flexibility index (Phi) is 3.65. The van der Waals surface area contributed by atoms with Crippen molar-refractivity contribution >= 4 is 28.8 Å². The van der Waals surface area contributed by atoms with Gasteiger partial charge in [-0.05, 0) is 43.0 Å². The van der Waals surface area contributed by atoms with Crippen molar-refractivity contribution in [3.8, 4) is 5.69 Å². The van der Waals surface area contributed by atoms with Gasteiger partial charge in [-0.2, -0.15) is 0 Å². The number of nitrogens with one attached hydrogen (secondary N) is 1. The molecule has 2 heterocycles. The van der Waals surface area contributed by atoms with Crippen LogP contribution in [0.4, 0.5) is 4.79 Å². The van der Waals surface area contributed by atoms with E-state index in [1.807, 2.05) is 38.1 Å². The Balaban J connectivity index is 1.86. The monoisotopic (exact) mass is 345 g/mol. The molecule has 0 saturated carbocycles. The average molecular weight is 345 g/mol. The van der Waals surface area contributed by atoms with Crippen LogP contribution in [0, 0.1) is 13.8 Å². The van der Waals surface area contributed by atoms with Gasteiger partial charge in [0, 0.05) is 23.8 Å². The number of amides is 3. The molecule has 1 aliphatic rings. The Morgan fingerprint density at radius 2 is 1.73 bits per heavy atom. The Labute approximate surface area is 151 Å². The molecule has 3 aromatic rings. The van der Waals surface area contributed by atoms with E-state index in [0.29, 0.717) is 5.70 Å². The maximum atomic E-state index is 12.1. The van der Waals surface area contributed by atoms with Crippen molar-refractivity contribution in [1.29, 1.82) is 0 Å². The van der Waals surface area contributed by atoms with Crippen LogP contribution >= 0.6 is 0 Å². The second-order valence-electron chi connectivity index (χ2n) is 6.51. The van der Waals surface area contributed by atoms with Gasteiger partial charge >= 0.3 is 6.03 Å². The predicted octanol–water partition coefficient (Wildman–Crippen LogP) is 3.77. The van der Waals surface area contributed by atoms with Crippen LogP contribution in [-0.2, 0) is 4.79 Å². The summed E-state index contributed by atoms with van der Waals surface area (Å²) in [5.41, 5.74) is 4.39. The van der Waals surface area contributed by atoms with Crippen LogP contribution in [0.25, 0.3) is 22.5 Å². The summed E-state index contributed by atoms with van der Waals surface area (Å²) in [4.78, 5) is 24.9. The number of nitrogens with zero attached hydrogens (tertiary/aromatic N) is 2. The molecule has 2 aromatic carbocycles. The number of likely N-dealkylation sites (N-methyl/N-ethyl adjacent to an activating group) is 1. The van der Waals surface area contributed by atoms with Crippen LogP contribution in [0.1, 0.15) is 17.0 Å². The fourth-order valence-electron chi connectivity index (χ4n) is 3.49. The molecule has 1 aromatic heterocycles. The molecular weight excluding hydrogens is 326 g/mol. The third-order valence-corrected chi connectivity index (χ3v) is 4.86. The van der Waals surface area contributed by atoms with Crippen molar-refractivity contribution in [3.63, 3.8) is 0 Å². The molecule has 26 heavy (non-hydrogen) atoms. The highest BCUT2D eigenvalue weighted by Gasteiger charge is 2.30. The number of rotatable bonds is 2. The molecule has 1 fully saturated rings. The van der Waals surface area contributed by atoms with Crippen molar-refractivity contribution in [2.45, 2.75) is 13.8 Å². The Morgan fingerprint density at radius 3 is 2.46 bits per heavy atom. The number of aromatic nitrogens is 1. The molecule has 0 bridgehead atoms. The number of urea groups is 1. The second-order valence-corrected chi connectivity index (χ2v) is 6.51. The van der Waals surface area contributed by atoms with Gasteiger partial charge in [-0.25, -0.2) is 4.79 Å². The average Bonchev–Trinajstić information content (AvgIpc) is 3.05. The first-order valence-electron chi connectivity index (χ1n) is 8.45. The summed E-state index contributed by atoms with van der Waals surface area (Å²) in [6, 6.07) is 16.1. The molecule has 3 amide bonds. The molecule has 4 rings (SSSR count). The van der Waals surface area contributed by atoms with Crippen molar-refractivity contribution in [2.75, 3.05) is 7.05 Å². The Hall–Kier alpha value is -3.34. The minimum absolute atomic E-state index is 0.302. The maximum absolute atomic E-state index is 12.1. The van der Waals surface area contributed by atoms with E-state index in [2.05, 4.69) is 34.1 Å². The van der Waals surface area contributed by atoms with Crippen molar-refractivity contribution in [1.82, 2.24) is 14.8 Å². The first-order chi connectivity index (χ1) is 12.5. The number of imide groups is 1. The molecule has 0 unspecified atom stereocenters. The van der Waals surface area contributed by atoms with E-state index in [9.17, 15) is 9.59 Å². The number of hydrogen-bond donors (Lipinski definition) is 1. The zero-order valence-electron chi connectivity index (χ0n) is 14.9. The number of aryl methyl sites for hydroxylation is 1. The number of hydrogen-bond acceptors (Lipinski definition) is 2. The first-order valence-corrected chi connectivity index (χ1v) is 8.45. The van der Waals surface area contributed by atoms with Crippen molar-refractivity contribution in [2.24, 2.45) is 0 Å². The van der Waals surface area contributed by atoms with E-state index in [1.165, 1.54) is 17.8 Å². The summed E-state index contributed by atoms with van der Waals surface area (Å²) in [5, 5.41) is 4.96. The van der Waals surface area contributed by atoms with Gasteiger partial charge in [-0.15, -0.1) is 0 Å². The zero-order chi connectivity index (χ0) is 18.4. The van der Waals surface area contributed by atoms with E-state index >= 15 is 0 Å². The summed E-state index contributed by atoms with van der Waals surface area (Å²) < 4.78 is 2.18. The number of carbonyl (C=O) groups excluding carboxylic acids is 2. The summed E-state index contributed by atoms with van der Waals surface area (Å²) in [6.45, 7) is 4.06. The highest BCUT2D eigenvalue weighted by atomic mass is 16.2. The molecule has 5 heteroatoms.